The van der Waals surface area contributed by atoms with E-state index >= 15 is 0 Å². The molecule has 21 heavy (non-hydrogen) atoms. The summed E-state index contributed by atoms with van der Waals surface area (Å²) in [5.41, 5.74) is 0. The lowest BCUT2D eigenvalue weighted by atomic mass is 10.1. The van der Waals surface area contributed by atoms with E-state index in [4.69, 9.17) is 0 Å². The summed E-state index contributed by atoms with van der Waals surface area (Å²) in [6.07, 6.45) is 12.0. The number of hydrogen-bond acceptors (Lipinski definition) is 4. The summed E-state index contributed by atoms with van der Waals surface area (Å²) in [5, 5.41) is 3.66. The summed E-state index contributed by atoms with van der Waals surface area (Å²) in [6, 6.07) is 2.75. The maximum Gasteiger partial charge on any atom is 0.134 e. The van der Waals surface area contributed by atoms with Crippen LogP contribution < -0.4 is 10.2 Å². The Kier molecular flexibility index (Phi) is 4.94. The van der Waals surface area contributed by atoms with Crippen molar-refractivity contribution in [3.05, 3.63) is 11.9 Å². The maximum absolute atomic E-state index is 4.64. The third-order valence-electron chi connectivity index (χ3n) is 4.71. The van der Waals surface area contributed by atoms with Crippen LogP contribution in [0.4, 0.5) is 11.6 Å². The number of nitrogens with zero attached hydrogens (tertiary/aromatic N) is 3. The van der Waals surface area contributed by atoms with Crippen LogP contribution in [0.3, 0.4) is 0 Å². The van der Waals surface area contributed by atoms with E-state index in [9.17, 15) is 0 Å². The smallest absolute Gasteiger partial charge is 0.134 e. The second kappa shape index (κ2) is 7.10. The maximum atomic E-state index is 4.64. The van der Waals surface area contributed by atoms with Crippen molar-refractivity contribution in [2.75, 3.05) is 23.3 Å². The lowest BCUT2D eigenvalue weighted by Gasteiger charge is -2.28. The molecule has 1 saturated carbocycles. The van der Waals surface area contributed by atoms with Crippen LogP contribution in [0.5, 0.6) is 0 Å². The Bertz CT molecular complexity index is 446. The molecule has 1 N–H and O–H groups in total. The largest absolute Gasteiger partial charge is 0.367 e. The van der Waals surface area contributed by atoms with Crippen LogP contribution in [0, 0.1) is 6.92 Å². The van der Waals surface area contributed by atoms with Crippen LogP contribution in [0.25, 0.3) is 0 Å². The number of piperidine rings is 1. The van der Waals surface area contributed by atoms with Crippen molar-refractivity contribution in [1.82, 2.24) is 9.97 Å². The Balaban J connectivity index is 1.70. The van der Waals surface area contributed by atoms with Gasteiger partial charge in [0.1, 0.15) is 17.5 Å². The number of nitrogens with one attached hydrogen (secondary N) is 1. The van der Waals surface area contributed by atoms with Gasteiger partial charge in [-0.05, 0) is 39.0 Å². The van der Waals surface area contributed by atoms with Crippen LogP contribution in [0.2, 0.25) is 0 Å². The van der Waals surface area contributed by atoms with Gasteiger partial charge in [0.25, 0.3) is 0 Å². The Morgan fingerprint density at radius 3 is 2.33 bits per heavy atom. The fourth-order valence-electron chi connectivity index (χ4n) is 3.54. The van der Waals surface area contributed by atoms with E-state index in [0.717, 1.165) is 30.5 Å². The van der Waals surface area contributed by atoms with Crippen LogP contribution in [-0.2, 0) is 0 Å². The third-order valence-corrected chi connectivity index (χ3v) is 4.71. The molecule has 0 bridgehead atoms. The molecule has 1 saturated heterocycles. The van der Waals surface area contributed by atoms with Crippen LogP contribution >= 0.6 is 0 Å². The van der Waals surface area contributed by atoms with E-state index in [2.05, 4.69) is 26.3 Å². The highest BCUT2D eigenvalue weighted by Gasteiger charge is 2.16. The molecule has 1 aliphatic heterocycles. The van der Waals surface area contributed by atoms with E-state index in [1.165, 1.54) is 57.8 Å². The number of aryl methyl sites for hydroxylation is 1. The zero-order valence-electron chi connectivity index (χ0n) is 13.3. The normalized spacial score (nSPS) is 21.1. The molecule has 4 heteroatoms. The number of rotatable bonds is 3. The molecule has 0 atom stereocenters. The van der Waals surface area contributed by atoms with Gasteiger partial charge in [0, 0.05) is 25.2 Å². The Hall–Kier alpha value is -1.32. The highest BCUT2D eigenvalue weighted by molar-refractivity contribution is 5.50. The Morgan fingerprint density at radius 1 is 0.952 bits per heavy atom. The molecule has 0 aromatic carbocycles. The van der Waals surface area contributed by atoms with Gasteiger partial charge < -0.3 is 10.2 Å². The Morgan fingerprint density at radius 2 is 1.62 bits per heavy atom. The standard InChI is InChI=1S/C17H28N4/c1-14-18-16(20-15-9-5-2-3-6-10-15)13-17(19-14)21-11-7-4-8-12-21/h13,15H,2-12H2,1H3,(H,18,19,20). The van der Waals surface area contributed by atoms with E-state index in [-0.39, 0.29) is 0 Å². The zero-order chi connectivity index (χ0) is 14.5. The molecule has 3 rings (SSSR count). The van der Waals surface area contributed by atoms with Gasteiger partial charge in [0.05, 0.1) is 0 Å². The van der Waals surface area contributed by atoms with E-state index in [1.54, 1.807) is 0 Å². The molecule has 0 unspecified atom stereocenters. The van der Waals surface area contributed by atoms with Crippen molar-refractivity contribution in [2.45, 2.75) is 70.8 Å². The van der Waals surface area contributed by atoms with Crippen molar-refractivity contribution in [2.24, 2.45) is 0 Å². The van der Waals surface area contributed by atoms with E-state index in [1.807, 2.05) is 6.92 Å². The quantitative estimate of drug-likeness (QED) is 0.856. The fourth-order valence-corrected chi connectivity index (χ4v) is 3.54. The minimum absolute atomic E-state index is 0.594. The van der Waals surface area contributed by atoms with Crippen LogP contribution in [-0.4, -0.2) is 29.1 Å². The molecule has 0 spiro atoms. The van der Waals surface area contributed by atoms with Gasteiger partial charge in [-0.1, -0.05) is 25.7 Å². The molecule has 4 nitrogen and oxygen atoms in total. The minimum atomic E-state index is 0.594. The number of hydrogen-bond donors (Lipinski definition) is 1. The van der Waals surface area contributed by atoms with E-state index in [0.29, 0.717) is 6.04 Å². The predicted octanol–water partition coefficient (Wildman–Crippen LogP) is 3.91. The molecule has 0 amide bonds. The van der Waals surface area contributed by atoms with Gasteiger partial charge in [-0.3, -0.25) is 0 Å². The zero-order valence-corrected chi connectivity index (χ0v) is 13.3. The topological polar surface area (TPSA) is 41.1 Å². The first-order chi connectivity index (χ1) is 10.3. The van der Waals surface area contributed by atoms with Gasteiger partial charge in [0.2, 0.25) is 0 Å². The van der Waals surface area contributed by atoms with Gasteiger partial charge in [-0.15, -0.1) is 0 Å². The van der Waals surface area contributed by atoms with Crippen molar-refractivity contribution < 1.29 is 0 Å². The highest BCUT2D eigenvalue weighted by Crippen LogP contribution is 2.24. The summed E-state index contributed by atoms with van der Waals surface area (Å²) in [5.74, 6) is 3.02. The van der Waals surface area contributed by atoms with Gasteiger partial charge in [-0.25, -0.2) is 9.97 Å². The van der Waals surface area contributed by atoms with Crippen molar-refractivity contribution in [3.63, 3.8) is 0 Å². The summed E-state index contributed by atoms with van der Waals surface area (Å²) in [4.78, 5) is 11.7. The molecule has 2 aliphatic rings. The van der Waals surface area contributed by atoms with E-state index < -0.39 is 0 Å². The summed E-state index contributed by atoms with van der Waals surface area (Å²) in [6.45, 7) is 4.28. The SMILES string of the molecule is Cc1nc(NC2CCCCCC2)cc(N2CCCCC2)n1. The summed E-state index contributed by atoms with van der Waals surface area (Å²) < 4.78 is 0. The molecule has 2 heterocycles. The van der Waals surface area contributed by atoms with Crippen LogP contribution in [0.1, 0.15) is 63.6 Å². The van der Waals surface area contributed by atoms with Gasteiger partial charge in [-0.2, -0.15) is 0 Å². The second-order valence-electron chi connectivity index (χ2n) is 6.54. The molecule has 0 radical (unpaired) electrons. The molecular weight excluding hydrogens is 260 g/mol. The molecular formula is C17H28N4. The van der Waals surface area contributed by atoms with Crippen molar-refractivity contribution in [3.8, 4) is 0 Å². The third kappa shape index (κ3) is 4.08. The molecule has 116 valence electrons. The first kappa shape index (κ1) is 14.6. The average molecular weight is 288 g/mol. The highest BCUT2D eigenvalue weighted by atomic mass is 15.2. The average Bonchev–Trinajstić information content (AvgIpc) is 2.76. The van der Waals surface area contributed by atoms with Gasteiger partial charge in [0.15, 0.2) is 0 Å². The minimum Gasteiger partial charge on any atom is -0.367 e. The first-order valence-corrected chi connectivity index (χ1v) is 8.68. The molecule has 1 aliphatic carbocycles. The predicted molar refractivity (Wildman–Crippen MR) is 87.9 cm³/mol. The first-order valence-electron chi connectivity index (χ1n) is 8.68. The van der Waals surface area contributed by atoms with Crippen molar-refractivity contribution in [1.29, 1.82) is 0 Å². The lowest BCUT2D eigenvalue weighted by Crippen LogP contribution is -2.30. The monoisotopic (exact) mass is 288 g/mol. The lowest BCUT2D eigenvalue weighted by molar-refractivity contribution is 0.572. The van der Waals surface area contributed by atoms with Crippen molar-refractivity contribution >= 4 is 11.6 Å². The summed E-state index contributed by atoms with van der Waals surface area (Å²) in [7, 11) is 0. The molecule has 2 fully saturated rings. The Labute approximate surface area is 128 Å². The number of aromatic nitrogens is 2. The molecule has 1 aromatic heterocycles. The van der Waals surface area contributed by atoms with Crippen LogP contribution in [0.15, 0.2) is 6.07 Å². The second-order valence-corrected chi connectivity index (χ2v) is 6.54. The van der Waals surface area contributed by atoms with Gasteiger partial charge >= 0.3 is 0 Å². The number of anilines is 2. The fraction of sp³-hybridized carbons (Fsp3) is 0.765. The summed E-state index contributed by atoms with van der Waals surface area (Å²) >= 11 is 0. The molecule has 1 aromatic rings.